The van der Waals surface area contributed by atoms with Gasteiger partial charge in [0.15, 0.2) is 0 Å². The lowest BCUT2D eigenvalue weighted by Crippen LogP contribution is -2.29. The highest BCUT2D eigenvalue weighted by molar-refractivity contribution is 5.95. The summed E-state index contributed by atoms with van der Waals surface area (Å²) in [5, 5.41) is 10.6. The molecule has 0 aromatic heterocycles. The molecular formula is C11H12FNO4. The summed E-state index contributed by atoms with van der Waals surface area (Å²) >= 11 is 0. The molecule has 0 bridgehead atoms. The fourth-order valence-electron chi connectivity index (χ4n) is 1.12. The Morgan fingerprint density at radius 3 is 2.47 bits per heavy atom. The zero-order chi connectivity index (χ0) is 12.7. The summed E-state index contributed by atoms with van der Waals surface area (Å²) in [6, 6.07) is 5.99. The number of carboxylic acids is 1. The SMILES string of the molecule is O=C(O)CNC(=O)c1ccc(OCC[18F])cc1. The molecule has 0 aliphatic carbocycles. The number of ether oxygens (including phenoxy) is 1. The van der Waals surface area contributed by atoms with Crippen LogP contribution in [0.4, 0.5) is 4.39 Å². The van der Waals surface area contributed by atoms with E-state index in [0.29, 0.717) is 11.3 Å². The third kappa shape index (κ3) is 4.50. The molecule has 1 aromatic rings. The third-order valence-electron chi connectivity index (χ3n) is 1.86. The van der Waals surface area contributed by atoms with Crippen molar-refractivity contribution in [1.82, 2.24) is 5.32 Å². The van der Waals surface area contributed by atoms with Crippen molar-refractivity contribution >= 4 is 11.9 Å². The number of halogens is 1. The Morgan fingerprint density at radius 2 is 1.94 bits per heavy atom. The standard InChI is InChI=1S/C11H12FNO4/c12-5-6-17-9-3-1-8(2-4-9)11(16)13-7-10(14)15/h1-4H,5-7H2,(H,13,16)(H,14,15)/i12-1. The Balaban J connectivity index is 2.54. The van der Waals surface area contributed by atoms with E-state index in [9.17, 15) is 14.0 Å². The van der Waals surface area contributed by atoms with E-state index in [0.717, 1.165) is 0 Å². The van der Waals surface area contributed by atoms with Crippen molar-refractivity contribution in [2.45, 2.75) is 0 Å². The van der Waals surface area contributed by atoms with Gasteiger partial charge in [-0.25, -0.2) is 4.39 Å². The van der Waals surface area contributed by atoms with Crippen LogP contribution in [0, 0.1) is 0 Å². The van der Waals surface area contributed by atoms with Gasteiger partial charge in [0.2, 0.25) is 0 Å². The Labute approximate surface area is 97.2 Å². The predicted octanol–water partition coefficient (Wildman–Crippen LogP) is 0.849. The molecule has 0 aliphatic heterocycles. The van der Waals surface area contributed by atoms with Crippen molar-refractivity contribution in [3.63, 3.8) is 0 Å². The summed E-state index contributed by atoms with van der Waals surface area (Å²) < 4.78 is 16.8. The Kier molecular flexibility index (Phi) is 4.93. The first kappa shape index (κ1) is 13.0. The molecule has 2 N–H and O–H groups in total. The fraction of sp³-hybridized carbons (Fsp3) is 0.273. The summed E-state index contributed by atoms with van der Waals surface area (Å²) in [6.45, 7) is -1.05. The quantitative estimate of drug-likeness (QED) is 0.772. The van der Waals surface area contributed by atoms with Crippen molar-refractivity contribution in [3.05, 3.63) is 29.8 Å². The van der Waals surface area contributed by atoms with Gasteiger partial charge in [0.1, 0.15) is 25.6 Å². The highest BCUT2D eigenvalue weighted by atomic mass is 18.2. The van der Waals surface area contributed by atoms with Crippen LogP contribution in [0.25, 0.3) is 0 Å². The molecule has 0 aliphatic rings. The molecule has 6 heteroatoms. The molecule has 0 saturated heterocycles. The predicted molar refractivity (Wildman–Crippen MR) is 57.9 cm³/mol. The van der Waals surface area contributed by atoms with Crippen molar-refractivity contribution in [2.75, 3.05) is 19.8 Å². The van der Waals surface area contributed by atoms with Crippen LogP contribution in [-0.4, -0.2) is 36.8 Å². The molecule has 92 valence electrons. The first-order valence-corrected chi connectivity index (χ1v) is 4.92. The van der Waals surface area contributed by atoms with E-state index in [1.165, 1.54) is 24.3 Å². The van der Waals surface area contributed by atoms with Crippen LogP contribution >= 0.6 is 0 Å². The number of alkyl halides is 1. The van der Waals surface area contributed by atoms with Gasteiger partial charge in [-0.15, -0.1) is 0 Å². The monoisotopic (exact) mass is 240 g/mol. The summed E-state index contributed by atoms with van der Waals surface area (Å²) in [6.07, 6.45) is 0. The topological polar surface area (TPSA) is 75.6 Å². The third-order valence-corrected chi connectivity index (χ3v) is 1.86. The summed E-state index contributed by atoms with van der Waals surface area (Å²) in [5.74, 6) is -1.14. The molecule has 17 heavy (non-hydrogen) atoms. The van der Waals surface area contributed by atoms with Crippen molar-refractivity contribution in [1.29, 1.82) is 0 Å². The molecule has 1 rings (SSSR count). The van der Waals surface area contributed by atoms with Crippen LogP contribution in [0.15, 0.2) is 24.3 Å². The van der Waals surface area contributed by atoms with Crippen molar-refractivity contribution < 1.29 is 23.8 Å². The molecule has 0 fully saturated rings. The normalized spacial score (nSPS) is 9.71. The smallest absolute Gasteiger partial charge is 0.322 e. The summed E-state index contributed by atoms with van der Waals surface area (Å²) in [5.41, 5.74) is 0.318. The van der Waals surface area contributed by atoms with Gasteiger partial charge in [-0.2, -0.15) is 0 Å². The molecule has 0 heterocycles. The number of carbonyl (C=O) groups is 2. The van der Waals surface area contributed by atoms with Crippen LogP contribution in [-0.2, 0) is 4.79 Å². The number of nitrogens with one attached hydrogen (secondary N) is 1. The average Bonchev–Trinajstić information content (AvgIpc) is 2.34. The van der Waals surface area contributed by atoms with E-state index in [4.69, 9.17) is 9.84 Å². The van der Waals surface area contributed by atoms with Crippen LogP contribution in [0.3, 0.4) is 0 Å². The molecule has 5 nitrogen and oxygen atoms in total. The zero-order valence-corrected chi connectivity index (χ0v) is 8.98. The maximum absolute atomic E-state index is 11.8. The number of hydrogen-bond acceptors (Lipinski definition) is 3. The minimum Gasteiger partial charge on any atom is -0.491 e. The Bertz CT molecular complexity index is 391. The molecule has 0 radical (unpaired) electrons. The molecular weight excluding hydrogens is 228 g/mol. The van der Waals surface area contributed by atoms with E-state index in [1.807, 2.05) is 0 Å². The van der Waals surface area contributed by atoms with Gasteiger partial charge in [-0.05, 0) is 24.3 Å². The number of carbonyl (C=O) groups excluding carboxylic acids is 1. The van der Waals surface area contributed by atoms with Gasteiger partial charge >= 0.3 is 5.97 Å². The second kappa shape index (κ2) is 6.47. The lowest BCUT2D eigenvalue weighted by Gasteiger charge is -2.05. The Morgan fingerprint density at radius 1 is 1.29 bits per heavy atom. The minimum absolute atomic E-state index is 0.0371. The van der Waals surface area contributed by atoms with Crippen LogP contribution in [0.2, 0.25) is 0 Å². The molecule has 0 unspecified atom stereocenters. The molecule has 1 aromatic carbocycles. The Hall–Kier alpha value is -2.11. The second-order valence-corrected chi connectivity index (χ2v) is 3.14. The van der Waals surface area contributed by atoms with Gasteiger partial charge in [-0.3, -0.25) is 9.59 Å². The summed E-state index contributed by atoms with van der Waals surface area (Å²) in [7, 11) is 0. The van der Waals surface area contributed by atoms with Crippen LogP contribution in [0.5, 0.6) is 5.75 Å². The van der Waals surface area contributed by atoms with Gasteiger partial charge < -0.3 is 15.2 Å². The first-order valence-electron chi connectivity index (χ1n) is 4.92. The minimum atomic E-state index is -1.11. The number of amides is 1. The van der Waals surface area contributed by atoms with Gasteiger partial charge in [0.05, 0.1) is 0 Å². The van der Waals surface area contributed by atoms with Crippen molar-refractivity contribution in [3.8, 4) is 5.75 Å². The lowest BCUT2D eigenvalue weighted by atomic mass is 10.2. The van der Waals surface area contributed by atoms with E-state index in [-0.39, 0.29) is 6.61 Å². The highest BCUT2D eigenvalue weighted by Gasteiger charge is 2.06. The maximum Gasteiger partial charge on any atom is 0.322 e. The molecule has 0 spiro atoms. The van der Waals surface area contributed by atoms with Crippen molar-refractivity contribution in [2.24, 2.45) is 0 Å². The lowest BCUT2D eigenvalue weighted by molar-refractivity contribution is -0.135. The van der Waals surface area contributed by atoms with E-state index >= 15 is 0 Å². The van der Waals surface area contributed by atoms with Crippen LogP contribution in [0.1, 0.15) is 10.4 Å². The number of hydrogen-bond donors (Lipinski definition) is 2. The average molecular weight is 240 g/mol. The fourth-order valence-corrected chi connectivity index (χ4v) is 1.12. The molecule has 0 saturated carbocycles. The molecule has 0 atom stereocenters. The van der Waals surface area contributed by atoms with Gasteiger partial charge in [0, 0.05) is 5.56 Å². The zero-order valence-electron chi connectivity index (χ0n) is 8.98. The number of rotatable bonds is 6. The van der Waals surface area contributed by atoms with Gasteiger partial charge in [-0.1, -0.05) is 0 Å². The van der Waals surface area contributed by atoms with Crippen LogP contribution < -0.4 is 10.1 Å². The second-order valence-electron chi connectivity index (χ2n) is 3.14. The van der Waals surface area contributed by atoms with Gasteiger partial charge in [0.25, 0.3) is 5.91 Å². The van der Waals surface area contributed by atoms with E-state index < -0.39 is 25.1 Å². The van der Waals surface area contributed by atoms with E-state index in [2.05, 4.69) is 5.32 Å². The number of benzene rings is 1. The van der Waals surface area contributed by atoms with E-state index in [1.54, 1.807) is 0 Å². The maximum atomic E-state index is 11.8. The highest BCUT2D eigenvalue weighted by Crippen LogP contribution is 2.11. The number of carboxylic acid groups (broad SMARTS) is 1. The summed E-state index contributed by atoms with van der Waals surface area (Å²) in [4.78, 5) is 21.6. The number of aliphatic carboxylic acids is 1. The largest absolute Gasteiger partial charge is 0.491 e. The molecule has 1 amide bonds. The first-order chi connectivity index (χ1) is 8.13.